The Kier molecular flexibility index (Phi) is 7.51. The summed E-state index contributed by atoms with van der Waals surface area (Å²) in [5, 5.41) is 14.3. The predicted molar refractivity (Wildman–Crippen MR) is 137 cm³/mol. The SMILES string of the molecule is CC(CCNC(=O)c1ccc(NC(=O)OCC2c3ccccc3-c3ccccc32)c(Br)c1)C(=O)O. The third-order valence-corrected chi connectivity index (χ3v) is 6.75. The predicted octanol–water partition coefficient (Wildman–Crippen LogP) is 5.65. The van der Waals surface area contributed by atoms with Crippen LogP contribution in [0.2, 0.25) is 0 Å². The molecular formula is C27H25BrN2O5. The lowest BCUT2D eigenvalue weighted by Gasteiger charge is -2.15. The second kappa shape index (κ2) is 10.7. The van der Waals surface area contributed by atoms with Crippen LogP contribution >= 0.6 is 15.9 Å². The second-order valence-corrected chi connectivity index (χ2v) is 9.28. The molecule has 3 aromatic rings. The van der Waals surface area contributed by atoms with Crippen LogP contribution in [0.3, 0.4) is 0 Å². The van der Waals surface area contributed by atoms with Crippen LogP contribution < -0.4 is 10.6 Å². The molecule has 0 aliphatic heterocycles. The highest BCUT2D eigenvalue weighted by atomic mass is 79.9. The van der Waals surface area contributed by atoms with Gasteiger partial charge in [0.1, 0.15) is 6.61 Å². The number of anilines is 1. The van der Waals surface area contributed by atoms with Gasteiger partial charge in [0.25, 0.3) is 5.91 Å². The Balaban J connectivity index is 1.34. The van der Waals surface area contributed by atoms with Gasteiger partial charge in [-0.05, 0) is 62.8 Å². The molecular weight excluding hydrogens is 512 g/mol. The topological polar surface area (TPSA) is 105 Å². The Labute approximate surface area is 211 Å². The first-order valence-electron chi connectivity index (χ1n) is 11.3. The van der Waals surface area contributed by atoms with Crippen LogP contribution in [0.4, 0.5) is 10.5 Å². The first kappa shape index (κ1) is 24.5. The molecule has 1 atom stereocenters. The molecule has 8 heteroatoms. The van der Waals surface area contributed by atoms with Gasteiger partial charge in [0, 0.05) is 22.5 Å². The number of amides is 2. The molecule has 0 spiro atoms. The number of ether oxygens (including phenoxy) is 1. The van der Waals surface area contributed by atoms with Crippen molar-refractivity contribution < 1.29 is 24.2 Å². The van der Waals surface area contributed by atoms with E-state index in [9.17, 15) is 14.4 Å². The number of rotatable bonds is 8. The number of carbonyl (C=O) groups is 3. The van der Waals surface area contributed by atoms with E-state index in [1.165, 1.54) is 0 Å². The third kappa shape index (κ3) is 5.54. The molecule has 7 nitrogen and oxygen atoms in total. The van der Waals surface area contributed by atoms with Gasteiger partial charge in [0.15, 0.2) is 0 Å². The van der Waals surface area contributed by atoms with Gasteiger partial charge >= 0.3 is 12.1 Å². The molecule has 0 aromatic heterocycles. The van der Waals surface area contributed by atoms with Crippen LogP contribution in [-0.4, -0.2) is 36.2 Å². The van der Waals surface area contributed by atoms with Crippen molar-refractivity contribution in [3.63, 3.8) is 0 Å². The normalized spacial score (nSPS) is 12.9. The van der Waals surface area contributed by atoms with E-state index in [2.05, 4.69) is 50.8 Å². The van der Waals surface area contributed by atoms with Gasteiger partial charge in [0.2, 0.25) is 0 Å². The van der Waals surface area contributed by atoms with E-state index in [1.807, 2.05) is 24.3 Å². The Bertz CT molecular complexity index is 1230. The monoisotopic (exact) mass is 536 g/mol. The van der Waals surface area contributed by atoms with Crippen LogP contribution in [0.5, 0.6) is 0 Å². The number of carboxylic acids is 1. The van der Waals surface area contributed by atoms with Crippen LogP contribution in [0.1, 0.15) is 40.7 Å². The van der Waals surface area contributed by atoms with Gasteiger partial charge in [-0.3, -0.25) is 14.9 Å². The third-order valence-electron chi connectivity index (χ3n) is 6.10. The highest BCUT2D eigenvalue weighted by Gasteiger charge is 2.29. The van der Waals surface area contributed by atoms with E-state index >= 15 is 0 Å². The lowest BCUT2D eigenvalue weighted by atomic mass is 9.98. The molecule has 35 heavy (non-hydrogen) atoms. The van der Waals surface area contributed by atoms with Crippen LogP contribution in [0.15, 0.2) is 71.2 Å². The highest BCUT2D eigenvalue weighted by Crippen LogP contribution is 2.44. The summed E-state index contributed by atoms with van der Waals surface area (Å²) in [5.41, 5.74) is 5.44. The van der Waals surface area contributed by atoms with Crippen LogP contribution in [0.25, 0.3) is 11.1 Å². The molecule has 0 saturated carbocycles. The van der Waals surface area contributed by atoms with Crippen LogP contribution in [0, 0.1) is 5.92 Å². The van der Waals surface area contributed by atoms with Gasteiger partial charge < -0.3 is 15.2 Å². The molecule has 1 aliphatic rings. The quantitative estimate of drug-likeness (QED) is 0.345. The fourth-order valence-corrected chi connectivity index (χ4v) is 4.61. The minimum absolute atomic E-state index is 0.0356. The maximum atomic E-state index is 12.5. The zero-order chi connectivity index (χ0) is 24.9. The minimum Gasteiger partial charge on any atom is -0.481 e. The summed E-state index contributed by atoms with van der Waals surface area (Å²) >= 11 is 3.39. The molecule has 3 N–H and O–H groups in total. The van der Waals surface area contributed by atoms with E-state index in [0.29, 0.717) is 22.1 Å². The summed E-state index contributed by atoms with van der Waals surface area (Å²) < 4.78 is 6.10. The fraction of sp³-hybridized carbons (Fsp3) is 0.222. The van der Waals surface area contributed by atoms with E-state index in [4.69, 9.17) is 9.84 Å². The fourth-order valence-electron chi connectivity index (χ4n) is 4.13. The lowest BCUT2D eigenvalue weighted by Crippen LogP contribution is -2.27. The molecule has 180 valence electrons. The first-order chi connectivity index (χ1) is 16.8. The molecule has 1 aliphatic carbocycles. The van der Waals surface area contributed by atoms with E-state index in [1.54, 1.807) is 25.1 Å². The Morgan fingerprint density at radius 2 is 1.63 bits per heavy atom. The van der Waals surface area contributed by atoms with Crippen molar-refractivity contribution >= 4 is 39.6 Å². The van der Waals surface area contributed by atoms with Crippen molar-refractivity contribution in [1.82, 2.24) is 5.32 Å². The summed E-state index contributed by atoms with van der Waals surface area (Å²) in [6.45, 7) is 2.05. The van der Waals surface area contributed by atoms with Crippen LogP contribution in [-0.2, 0) is 9.53 Å². The maximum absolute atomic E-state index is 12.5. The largest absolute Gasteiger partial charge is 0.481 e. The molecule has 0 saturated heterocycles. The zero-order valence-electron chi connectivity index (χ0n) is 19.1. The summed E-state index contributed by atoms with van der Waals surface area (Å²) in [6, 6.07) is 21.0. The number of hydrogen-bond acceptors (Lipinski definition) is 4. The van der Waals surface area contributed by atoms with E-state index in [-0.39, 0.29) is 25.0 Å². The lowest BCUT2D eigenvalue weighted by molar-refractivity contribution is -0.141. The second-order valence-electron chi connectivity index (χ2n) is 8.43. The number of carbonyl (C=O) groups excluding carboxylic acids is 2. The van der Waals surface area contributed by atoms with Gasteiger partial charge in [-0.15, -0.1) is 0 Å². The van der Waals surface area contributed by atoms with E-state index in [0.717, 1.165) is 22.3 Å². The number of halogens is 1. The van der Waals surface area contributed by atoms with Gasteiger partial charge in [-0.1, -0.05) is 55.5 Å². The number of hydrogen-bond donors (Lipinski definition) is 3. The van der Waals surface area contributed by atoms with Crippen molar-refractivity contribution in [2.75, 3.05) is 18.5 Å². The molecule has 1 unspecified atom stereocenters. The Morgan fingerprint density at radius 3 is 2.23 bits per heavy atom. The van der Waals surface area contributed by atoms with Crippen molar-refractivity contribution in [1.29, 1.82) is 0 Å². The van der Waals surface area contributed by atoms with Gasteiger partial charge in [0.05, 0.1) is 11.6 Å². The average Bonchev–Trinajstić information content (AvgIpc) is 3.17. The van der Waals surface area contributed by atoms with E-state index < -0.39 is 18.0 Å². The summed E-state index contributed by atoms with van der Waals surface area (Å²) in [6.07, 6.45) is -0.253. The van der Waals surface area contributed by atoms with Crippen molar-refractivity contribution in [3.8, 4) is 11.1 Å². The average molecular weight is 537 g/mol. The maximum Gasteiger partial charge on any atom is 0.411 e. The number of fused-ring (bicyclic) bond motifs is 3. The molecule has 0 bridgehead atoms. The summed E-state index contributed by atoms with van der Waals surface area (Å²) in [7, 11) is 0. The molecule has 0 fully saturated rings. The number of benzene rings is 3. The molecule has 0 radical (unpaired) electrons. The summed E-state index contributed by atoms with van der Waals surface area (Å²) in [4.78, 5) is 35.8. The van der Waals surface area contributed by atoms with Gasteiger partial charge in [-0.2, -0.15) is 0 Å². The van der Waals surface area contributed by atoms with Gasteiger partial charge in [-0.25, -0.2) is 4.79 Å². The zero-order valence-corrected chi connectivity index (χ0v) is 20.7. The first-order valence-corrected chi connectivity index (χ1v) is 12.1. The number of nitrogens with one attached hydrogen (secondary N) is 2. The minimum atomic E-state index is -0.898. The Morgan fingerprint density at radius 1 is 1.00 bits per heavy atom. The standard InChI is InChI=1S/C27H25BrN2O5/c1-16(26(32)33)12-13-29-25(31)17-10-11-24(23(28)14-17)30-27(34)35-15-22-20-8-4-2-6-18(20)19-7-3-5-9-21(19)22/h2-11,14,16,22H,12-13,15H2,1H3,(H,29,31)(H,30,34)(H,32,33). The molecule has 4 rings (SSSR count). The number of aliphatic carboxylic acids is 1. The van der Waals surface area contributed by atoms with Crippen molar-refractivity contribution in [2.45, 2.75) is 19.3 Å². The highest BCUT2D eigenvalue weighted by molar-refractivity contribution is 9.10. The number of carboxylic acid groups (broad SMARTS) is 1. The molecule has 0 heterocycles. The smallest absolute Gasteiger partial charge is 0.411 e. The Hall–Kier alpha value is -3.65. The summed E-state index contributed by atoms with van der Waals surface area (Å²) in [5.74, 6) is -1.79. The van der Waals surface area contributed by atoms with Crippen molar-refractivity contribution in [2.24, 2.45) is 5.92 Å². The molecule has 2 amide bonds. The van der Waals surface area contributed by atoms with Crippen molar-refractivity contribution in [3.05, 3.63) is 87.9 Å². The molecule has 3 aromatic carbocycles.